The van der Waals surface area contributed by atoms with Crippen LogP contribution in [0.5, 0.6) is 0 Å². The Morgan fingerprint density at radius 2 is 1.71 bits per heavy atom. The van der Waals surface area contributed by atoms with Gasteiger partial charge in [0.1, 0.15) is 6.29 Å². The smallest absolute Gasteiger partial charge is 0.158 e. The lowest BCUT2D eigenvalue weighted by molar-refractivity contribution is -0.144. The molecule has 1 rings (SSSR count). The summed E-state index contributed by atoms with van der Waals surface area (Å²) in [5.74, 6) is -0.167. The Labute approximate surface area is 103 Å². The third-order valence-corrected chi connectivity index (χ3v) is 2.54. The van der Waals surface area contributed by atoms with Gasteiger partial charge in [0.15, 0.2) is 6.29 Å². The number of carbonyl (C=O) groups is 1. The van der Waals surface area contributed by atoms with Crippen LogP contribution >= 0.6 is 0 Å². The van der Waals surface area contributed by atoms with E-state index in [1.54, 1.807) is 0 Å². The Hall–Kier alpha value is -1.19. The summed E-state index contributed by atoms with van der Waals surface area (Å²) in [6.07, 6.45) is 1.22. The van der Waals surface area contributed by atoms with Crippen LogP contribution in [0.4, 0.5) is 0 Å². The van der Waals surface area contributed by atoms with Crippen LogP contribution in [0.15, 0.2) is 30.3 Å². The van der Waals surface area contributed by atoms with Crippen molar-refractivity contribution in [1.82, 2.24) is 0 Å². The third-order valence-electron chi connectivity index (χ3n) is 2.54. The van der Waals surface area contributed by atoms with Gasteiger partial charge in [0.2, 0.25) is 0 Å². The van der Waals surface area contributed by atoms with Gasteiger partial charge in [0.05, 0.1) is 0 Å². The SMILES string of the molecule is CCOC(CC(C=O)c1ccccc1)OCC. The van der Waals surface area contributed by atoms with Crippen LogP contribution in [0.25, 0.3) is 0 Å². The summed E-state index contributed by atoms with van der Waals surface area (Å²) < 4.78 is 10.9. The molecule has 0 aliphatic carbocycles. The molecule has 0 saturated carbocycles. The predicted molar refractivity (Wildman–Crippen MR) is 66.9 cm³/mol. The second-order valence-electron chi connectivity index (χ2n) is 3.73. The molecule has 94 valence electrons. The number of hydrogen-bond donors (Lipinski definition) is 0. The molecule has 0 heterocycles. The number of aldehydes is 1. The number of carbonyl (C=O) groups excluding carboxylic acids is 1. The molecule has 17 heavy (non-hydrogen) atoms. The number of hydrogen-bond acceptors (Lipinski definition) is 3. The van der Waals surface area contributed by atoms with E-state index in [-0.39, 0.29) is 12.2 Å². The molecule has 0 aromatic heterocycles. The monoisotopic (exact) mass is 236 g/mol. The first-order valence-corrected chi connectivity index (χ1v) is 6.05. The highest BCUT2D eigenvalue weighted by Gasteiger charge is 2.17. The highest BCUT2D eigenvalue weighted by molar-refractivity contribution is 5.62. The highest BCUT2D eigenvalue weighted by atomic mass is 16.7. The topological polar surface area (TPSA) is 35.5 Å². The molecule has 0 spiro atoms. The van der Waals surface area contributed by atoms with E-state index in [0.717, 1.165) is 11.8 Å². The van der Waals surface area contributed by atoms with Gasteiger partial charge in [-0.15, -0.1) is 0 Å². The zero-order valence-corrected chi connectivity index (χ0v) is 10.5. The predicted octanol–water partition coefficient (Wildman–Crippen LogP) is 2.76. The zero-order chi connectivity index (χ0) is 12.5. The molecule has 1 aromatic rings. The van der Waals surface area contributed by atoms with E-state index in [2.05, 4.69) is 0 Å². The summed E-state index contributed by atoms with van der Waals surface area (Å²) in [7, 11) is 0. The molecule has 1 atom stereocenters. The van der Waals surface area contributed by atoms with Crippen molar-refractivity contribution in [1.29, 1.82) is 0 Å². The summed E-state index contributed by atoms with van der Waals surface area (Å²) in [4.78, 5) is 11.1. The molecule has 1 aromatic carbocycles. The molecule has 0 N–H and O–H groups in total. The van der Waals surface area contributed by atoms with E-state index >= 15 is 0 Å². The van der Waals surface area contributed by atoms with E-state index in [4.69, 9.17) is 9.47 Å². The quantitative estimate of drug-likeness (QED) is 0.514. The molecule has 0 aliphatic rings. The second-order valence-corrected chi connectivity index (χ2v) is 3.73. The highest BCUT2D eigenvalue weighted by Crippen LogP contribution is 2.20. The molecule has 0 fully saturated rings. The number of ether oxygens (including phenoxy) is 2. The van der Waals surface area contributed by atoms with Gasteiger partial charge in [0.25, 0.3) is 0 Å². The van der Waals surface area contributed by atoms with Gasteiger partial charge >= 0.3 is 0 Å². The first-order valence-electron chi connectivity index (χ1n) is 6.05. The van der Waals surface area contributed by atoms with Crippen LogP contribution in [0.2, 0.25) is 0 Å². The normalized spacial score (nSPS) is 12.6. The lowest BCUT2D eigenvalue weighted by Crippen LogP contribution is -2.21. The minimum absolute atomic E-state index is 0.167. The van der Waals surface area contributed by atoms with Gasteiger partial charge in [-0.05, 0) is 19.4 Å². The fourth-order valence-electron chi connectivity index (χ4n) is 1.73. The van der Waals surface area contributed by atoms with Crippen LogP contribution in [0, 0.1) is 0 Å². The maximum atomic E-state index is 11.1. The lowest BCUT2D eigenvalue weighted by Gasteiger charge is -2.20. The molecule has 3 heteroatoms. The van der Waals surface area contributed by atoms with Crippen molar-refractivity contribution < 1.29 is 14.3 Å². The zero-order valence-electron chi connectivity index (χ0n) is 10.5. The Kier molecular flexibility index (Phi) is 6.51. The average Bonchev–Trinajstić information content (AvgIpc) is 2.37. The molecule has 0 bridgehead atoms. The number of rotatable bonds is 8. The molecule has 3 nitrogen and oxygen atoms in total. The first-order chi connectivity index (χ1) is 8.31. The van der Waals surface area contributed by atoms with Crippen molar-refractivity contribution in [2.24, 2.45) is 0 Å². The largest absolute Gasteiger partial charge is 0.353 e. The van der Waals surface area contributed by atoms with E-state index in [9.17, 15) is 4.79 Å². The third kappa shape index (κ3) is 4.67. The molecule has 0 amide bonds. The maximum Gasteiger partial charge on any atom is 0.158 e. The summed E-state index contributed by atoms with van der Waals surface area (Å²) in [6, 6.07) is 9.71. The van der Waals surface area contributed by atoms with E-state index < -0.39 is 0 Å². The van der Waals surface area contributed by atoms with Gasteiger partial charge in [-0.2, -0.15) is 0 Å². The van der Waals surface area contributed by atoms with Crippen LogP contribution in [0.1, 0.15) is 31.7 Å². The van der Waals surface area contributed by atoms with Gasteiger partial charge < -0.3 is 14.3 Å². The second kappa shape index (κ2) is 7.98. The van der Waals surface area contributed by atoms with Crippen molar-refractivity contribution in [2.45, 2.75) is 32.5 Å². The molecule has 0 radical (unpaired) electrons. The Morgan fingerprint density at radius 1 is 1.12 bits per heavy atom. The van der Waals surface area contributed by atoms with Gasteiger partial charge in [-0.25, -0.2) is 0 Å². The first kappa shape index (κ1) is 13.9. The average molecular weight is 236 g/mol. The van der Waals surface area contributed by atoms with Crippen LogP contribution in [-0.4, -0.2) is 25.8 Å². The number of benzene rings is 1. The molecule has 0 aliphatic heterocycles. The fourth-order valence-corrected chi connectivity index (χ4v) is 1.73. The van der Waals surface area contributed by atoms with Gasteiger partial charge in [-0.3, -0.25) is 0 Å². The Bertz CT molecular complexity index is 305. The molecule has 1 unspecified atom stereocenters. The van der Waals surface area contributed by atoms with Gasteiger partial charge in [-0.1, -0.05) is 30.3 Å². The summed E-state index contributed by atoms with van der Waals surface area (Å²) >= 11 is 0. The van der Waals surface area contributed by atoms with E-state index in [0.29, 0.717) is 19.6 Å². The van der Waals surface area contributed by atoms with Crippen LogP contribution in [-0.2, 0) is 14.3 Å². The van der Waals surface area contributed by atoms with Gasteiger partial charge in [0, 0.05) is 25.6 Å². The summed E-state index contributed by atoms with van der Waals surface area (Å²) in [6.45, 7) is 5.02. The summed E-state index contributed by atoms with van der Waals surface area (Å²) in [5.41, 5.74) is 1.01. The fraction of sp³-hybridized carbons (Fsp3) is 0.500. The summed E-state index contributed by atoms with van der Waals surface area (Å²) in [5, 5.41) is 0. The minimum Gasteiger partial charge on any atom is -0.353 e. The van der Waals surface area contributed by atoms with Crippen molar-refractivity contribution in [2.75, 3.05) is 13.2 Å². The van der Waals surface area contributed by atoms with E-state index in [1.165, 1.54) is 0 Å². The van der Waals surface area contributed by atoms with Crippen molar-refractivity contribution in [3.8, 4) is 0 Å². The Balaban J connectivity index is 2.64. The van der Waals surface area contributed by atoms with Crippen molar-refractivity contribution >= 4 is 6.29 Å². The standard InChI is InChI=1S/C14H20O3/c1-3-16-14(17-4-2)10-13(11-15)12-8-6-5-7-9-12/h5-9,11,13-14H,3-4,10H2,1-2H3. The van der Waals surface area contributed by atoms with Crippen LogP contribution < -0.4 is 0 Å². The minimum atomic E-state index is -0.305. The lowest BCUT2D eigenvalue weighted by atomic mass is 9.97. The molecular formula is C14H20O3. The maximum absolute atomic E-state index is 11.1. The van der Waals surface area contributed by atoms with Crippen molar-refractivity contribution in [3.63, 3.8) is 0 Å². The molecule has 0 saturated heterocycles. The van der Waals surface area contributed by atoms with Crippen molar-refractivity contribution in [3.05, 3.63) is 35.9 Å². The van der Waals surface area contributed by atoms with E-state index in [1.807, 2.05) is 44.2 Å². The Morgan fingerprint density at radius 3 is 2.18 bits per heavy atom. The molecular weight excluding hydrogens is 216 g/mol. The van der Waals surface area contributed by atoms with Crippen LogP contribution in [0.3, 0.4) is 0 Å².